The number of nitrogens with zero attached hydrogens (tertiary/aromatic N) is 2. The van der Waals surface area contributed by atoms with Crippen LogP contribution in [0.25, 0.3) is 42.9 Å². The van der Waals surface area contributed by atoms with E-state index >= 15 is 0 Å². The number of aromatic nitrogens is 2. The maximum atomic E-state index is 14.0. The molecule has 2 atom stereocenters. The predicted octanol–water partition coefficient (Wildman–Crippen LogP) is 10.3. The second kappa shape index (κ2) is 12.9. The van der Waals surface area contributed by atoms with Crippen LogP contribution in [-0.4, -0.2) is 34.4 Å². The number of para-hydroxylation sites is 2. The minimum Gasteiger partial charge on any atom is -0.351 e. The first-order chi connectivity index (χ1) is 23.0. The van der Waals surface area contributed by atoms with Gasteiger partial charge in [0.1, 0.15) is 0 Å². The molecule has 4 heterocycles. The molecule has 7 rings (SSSR count). The Morgan fingerprint density at radius 1 is 0.750 bits per heavy atom. The Balaban J connectivity index is 1.12. The SMILES string of the molecule is CC1(C)CC(NC(=O)c2cc(-c3ccc(Cl)s3)nc3ccccc23)CC(C)(CNC(=O)c2cc(-c3ccc(Cl)s3)nc3ccccc23)C1. The standard InChI is InChI=1S/C38H34Cl2N4O2S2/c1-37(2)18-22(42-36(46)26-17-30(32-13-15-34(40)48-32)44-28-11-7-5-9-24(26)28)19-38(3,20-37)21-41-35(45)25-16-29(31-12-14-33(39)47-31)43-27-10-6-4-8-23(25)27/h4-17,22H,18-21H2,1-3H3,(H,41,45)(H,42,46). The Labute approximate surface area is 297 Å². The van der Waals surface area contributed by atoms with Crippen molar-refractivity contribution < 1.29 is 9.59 Å². The second-order valence-corrected chi connectivity index (χ2v) is 17.2. The van der Waals surface area contributed by atoms with E-state index in [1.54, 1.807) is 0 Å². The molecule has 244 valence electrons. The molecule has 6 aromatic rings. The van der Waals surface area contributed by atoms with E-state index in [1.807, 2.05) is 84.9 Å². The third kappa shape index (κ3) is 6.85. The number of hydrogen-bond acceptors (Lipinski definition) is 6. The molecular formula is C38H34Cl2N4O2S2. The molecule has 2 N–H and O–H groups in total. The van der Waals surface area contributed by atoms with E-state index in [1.165, 1.54) is 22.7 Å². The van der Waals surface area contributed by atoms with Gasteiger partial charge < -0.3 is 10.6 Å². The van der Waals surface area contributed by atoms with Crippen LogP contribution in [0.3, 0.4) is 0 Å². The van der Waals surface area contributed by atoms with Crippen molar-refractivity contribution in [2.75, 3.05) is 6.54 Å². The molecule has 0 radical (unpaired) electrons. The lowest BCUT2D eigenvalue weighted by Gasteiger charge is -2.47. The van der Waals surface area contributed by atoms with Crippen LogP contribution < -0.4 is 10.6 Å². The number of carbonyl (C=O) groups excluding carboxylic acids is 2. The van der Waals surface area contributed by atoms with Crippen molar-refractivity contribution in [3.8, 4) is 21.1 Å². The zero-order valence-electron chi connectivity index (χ0n) is 26.8. The summed E-state index contributed by atoms with van der Waals surface area (Å²) in [5.74, 6) is -0.275. The van der Waals surface area contributed by atoms with Gasteiger partial charge in [0.2, 0.25) is 0 Å². The Kier molecular flexibility index (Phi) is 8.79. The number of rotatable bonds is 7. The normalized spacial score (nSPS) is 19.0. The smallest absolute Gasteiger partial charge is 0.252 e. The molecule has 1 saturated carbocycles. The highest BCUT2D eigenvalue weighted by atomic mass is 35.5. The fraction of sp³-hybridized carbons (Fsp3) is 0.263. The van der Waals surface area contributed by atoms with Crippen LogP contribution in [0.1, 0.15) is 60.7 Å². The van der Waals surface area contributed by atoms with E-state index in [-0.39, 0.29) is 28.7 Å². The lowest BCUT2D eigenvalue weighted by Crippen LogP contribution is -2.50. The zero-order chi connectivity index (χ0) is 33.6. The van der Waals surface area contributed by atoms with Gasteiger partial charge in [-0.1, -0.05) is 80.4 Å². The van der Waals surface area contributed by atoms with Crippen molar-refractivity contribution in [3.63, 3.8) is 0 Å². The van der Waals surface area contributed by atoms with Crippen molar-refractivity contribution in [3.05, 3.63) is 105 Å². The molecule has 0 saturated heterocycles. The first-order valence-electron chi connectivity index (χ1n) is 15.9. The van der Waals surface area contributed by atoms with Gasteiger partial charge in [0, 0.05) is 23.4 Å². The van der Waals surface area contributed by atoms with Gasteiger partial charge in [-0.05, 0) is 78.6 Å². The van der Waals surface area contributed by atoms with E-state index in [0.29, 0.717) is 26.3 Å². The molecule has 2 aromatic carbocycles. The lowest BCUT2D eigenvalue weighted by atomic mass is 9.62. The molecule has 2 unspecified atom stereocenters. The molecule has 1 aliphatic rings. The second-order valence-electron chi connectivity index (χ2n) is 13.8. The number of nitrogens with one attached hydrogen (secondary N) is 2. The monoisotopic (exact) mass is 712 g/mol. The summed E-state index contributed by atoms with van der Waals surface area (Å²) in [5, 5.41) is 8.24. The number of hydrogen-bond donors (Lipinski definition) is 2. The van der Waals surface area contributed by atoms with Crippen LogP contribution >= 0.6 is 45.9 Å². The average Bonchev–Trinajstić information content (AvgIpc) is 3.69. The van der Waals surface area contributed by atoms with E-state index < -0.39 is 0 Å². The van der Waals surface area contributed by atoms with Crippen molar-refractivity contribution in [2.45, 2.75) is 46.1 Å². The number of halogens is 2. The molecule has 0 aliphatic heterocycles. The molecule has 1 aliphatic carbocycles. The Morgan fingerprint density at radius 2 is 1.27 bits per heavy atom. The molecule has 0 bridgehead atoms. The van der Waals surface area contributed by atoms with Gasteiger partial charge in [0.15, 0.2) is 0 Å². The topological polar surface area (TPSA) is 84.0 Å². The minimum atomic E-state index is -0.249. The highest BCUT2D eigenvalue weighted by Crippen LogP contribution is 2.46. The summed E-state index contributed by atoms with van der Waals surface area (Å²) in [6, 6.07) is 26.6. The predicted molar refractivity (Wildman–Crippen MR) is 199 cm³/mol. The van der Waals surface area contributed by atoms with E-state index in [4.69, 9.17) is 33.2 Å². The van der Waals surface area contributed by atoms with Gasteiger partial charge in [0.05, 0.1) is 52.0 Å². The Hall–Kier alpha value is -3.82. The van der Waals surface area contributed by atoms with Gasteiger partial charge in [-0.25, -0.2) is 9.97 Å². The summed E-state index contributed by atoms with van der Waals surface area (Å²) in [7, 11) is 0. The third-order valence-corrected chi connectivity index (χ3v) is 11.5. The number of fused-ring (bicyclic) bond motifs is 2. The highest BCUT2D eigenvalue weighted by molar-refractivity contribution is 7.19. The molecule has 6 nitrogen and oxygen atoms in total. The fourth-order valence-corrected chi connectivity index (χ4v) is 9.41. The molecule has 1 fully saturated rings. The first kappa shape index (κ1) is 32.7. The molecule has 48 heavy (non-hydrogen) atoms. The van der Waals surface area contributed by atoms with Crippen LogP contribution in [-0.2, 0) is 0 Å². The molecule has 0 spiro atoms. The van der Waals surface area contributed by atoms with Gasteiger partial charge in [0.25, 0.3) is 11.8 Å². The maximum absolute atomic E-state index is 14.0. The van der Waals surface area contributed by atoms with Crippen LogP contribution in [0.4, 0.5) is 0 Å². The maximum Gasteiger partial charge on any atom is 0.252 e. The Morgan fingerprint density at radius 3 is 1.79 bits per heavy atom. The minimum absolute atomic E-state index is 0.0517. The summed E-state index contributed by atoms with van der Waals surface area (Å²) >= 11 is 15.3. The van der Waals surface area contributed by atoms with Crippen molar-refractivity contribution in [1.82, 2.24) is 20.6 Å². The van der Waals surface area contributed by atoms with E-state index in [9.17, 15) is 9.59 Å². The van der Waals surface area contributed by atoms with Crippen LogP contribution in [0, 0.1) is 10.8 Å². The van der Waals surface area contributed by atoms with E-state index in [0.717, 1.165) is 62.2 Å². The number of thiophene rings is 2. The fourth-order valence-electron chi connectivity index (χ4n) is 7.41. The number of pyridine rings is 2. The van der Waals surface area contributed by atoms with Crippen molar-refractivity contribution in [2.24, 2.45) is 10.8 Å². The van der Waals surface area contributed by atoms with Gasteiger partial charge in [-0.2, -0.15) is 0 Å². The van der Waals surface area contributed by atoms with Crippen molar-refractivity contribution in [1.29, 1.82) is 0 Å². The molecule has 2 amide bonds. The summed E-state index contributed by atoms with van der Waals surface area (Å²) < 4.78 is 1.34. The van der Waals surface area contributed by atoms with Gasteiger partial charge >= 0.3 is 0 Å². The van der Waals surface area contributed by atoms with Gasteiger partial charge in [-0.15, -0.1) is 22.7 Å². The highest BCUT2D eigenvalue weighted by Gasteiger charge is 2.42. The van der Waals surface area contributed by atoms with E-state index in [2.05, 4.69) is 31.4 Å². The van der Waals surface area contributed by atoms with Gasteiger partial charge in [-0.3, -0.25) is 9.59 Å². The van der Waals surface area contributed by atoms with Crippen LogP contribution in [0.2, 0.25) is 8.67 Å². The summed E-state index contributed by atoms with van der Waals surface area (Å²) in [6.07, 6.45) is 2.47. The molecule has 4 aromatic heterocycles. The largest absolute Gasteiger partial charge is 0.351 e. The van der Waals surface area contributed by atoms with Crippen LogP contribution in [0.15, 0.2) is 84.9 Å². The number of carbonyl (C=O) groups is 2. The average molecular weight is 714 g/mol. The lowest BCUT2D eigenvalue weighted by molar-refractivity contribution is 0.0593. The molecular weight excluding hydrogens is 679 g/mol. The molecule has 10 heteroatoms. The first-order valence-corrected chi connectivity index (χ1v) is 18.2. The summed E-state index contributed by atoms with van der Waals surface area (Å²) in [5.41, 5.74) is 3.83. The summed E-state index contributed by atoms with van der Waals surface area (Å²) in [6.45, 7) is 7.15. The number of amides is 2. The zero-order valence-corrected chi connectivity index (χ0v) is 29.9. The van der Waals surface area contributed by atoms with Crippen LogP contribution in [0.5, 0.6) is 0 Å². The summed E-state index contributed by atoms with van der Waals surface area (Å²) in [4.78, 5) is 39.3. The van der Waals surface area contributed by atoms with Crippen molar-refractivity contribution >= 4 is 79.5 Å². The Bertz CT molecular complexity index is 2190. The third-order valence-electron chi connectivity index (χ3n) is 9.03. The number of benzene rings is 2. The quantitative estimate of drug-likeness (QED) is 0.173.